The molecular formula is C12H12N2. The summed E-state index contributed by atoms with van der Waals surface area (Å²) >= 11 is 0. The zero-order chi connectivity index (χ0) is 9.97. The van der Waals surface area contributed by atoms with E-state index in [0.29, 0.717) is 0 Å². The molecule has 0 aliphatic heterocycles. The van der Waals surface area contributed by atoms with Gasteiger partial charge in [0.1, 0.15) is 0 Å². The Labute approximate surface area is 83.7 Å². The van der Waals surface area contributed by atoms with Crippen molar-refractivity contribution in [2.75, 3.05) is 0 Å². The molecule has 0 bridgehead atoms. The lowest BCUT2D eigenvalue weighted by Gasteiger charge is -2.00. The van der Waals surface area contributed by atoms with Crippen LogP contribution in [0.25, 0.3) is 11.3 Å². The van der Waals surface area contributed by atoms with Gasteiger partial charge in [0.2, 0.25) is 0 Å². The van der Waals surface area contributed by atoms with Crippen LogP contribution < -0.4 is 0 Å². The van der Waals surface area contributed by atoms with Crippen molar-refractivity contribution in [3.8, 4) is 11.3 Å². The van der Waals surface area contributed by atoms with Gasteiger partial charge in [-0.3, -0.25) is 9.97 Å². The molecule has 0 fully saturated rings. The lowest BCUT2D eigenvalue weighted by atomic mass is 10.1. The summed E-state index contributed by atoms with van der Waals surface area (Å²) in [6.07, 6.45) is 3.59. The Morgan fingerprint density at radius 3 is 2.14 bits per heavy atom. The lowest BCUT2D eigenvalue weighted by molar-refractivity contribution is 1.12. The second-order valence-corrected chi connectivity index (χ2v) is 3.41. The molecule has 2 heteroatoms. The summed E-state index contributed by atoms with van der Waals surface area (Å²) < 4.78 is 0. The molecule has 2 rings (SSSR count). The predicted molar refractivity (Wildman–Crippen MR) is 56.9 cm³/mol. The first kappa shape index (κ1) is 8.88. The summed E-state index contributed by atoms with van der Waals surface area (Å²) in [5, 5.41) is 0. The highest BCUT2D eigenvalue weighted by Crippen LogP contribution is 2.15. The average molecular weight is 184 g/mol. The van der Waals surface area contributed by atoms with Crippen molar-refractivity contribution in [2.45, 2.75) is 13.8 Å². The smallest absolute Gasteiger partial charge is 0.0885 e. The molecule has 1 aromatic heterocycles. The predicted octanol–water partition coefficient (Wildman–Crippen LogP) is 2.76. The minimum atomic E-state index is 0.926. The highest BCUT2D eigenvalue weighted by Gasteiger charge is 1.97. The fourth-order valence-electron chi connectivity index (χ4n) is 1.27. The highest BCUT2D eigenvalue weighted by atomic mass is 14.8. The van der Waals surface area contributed by atoms with Gasteiger partial charge in [-0.05, 0) is 13.8 Å². The van der Waals surface area contributed by atoms with Crippen LogP contribution in [0.4, 0.5) is 0 Å². The molecule has 0 saturated heterocycles. The Hall–Kier alpha value is -1.70. The van der Waals surface area contributed by atoms with E-state index in [-0.39, 0.29) is 0 Å². The summed E-state index contributed by atoms with van der Waals surface area (Å²) in [4.78, 5) is 8.53. The van der Waals surface area contributed by atoms with E-state index in [1.54, 1.807) is 12.4 Å². The SMILES string of the molecule is Cc1ccc(-c2cnc(C)cn2)cc1. The summed E-state index contributed by atoms with van der Waals surface area (Å²) in [5.41, 5.74) is 4.24. The molecule has 0 aliphatic carbocycles. The van der Waals surface area contributed by atoms with Gasteiger partial charge in [-0.25, -0.2) is 0 Å². The van der Waals surface area contributed by atoms with Crippen molar-refractivity contribution >= 4 is 0 Å². The summed E-state index contributed by atoms with van der Waals surface area (Å²) in [6, 6.07) is 8.29. The van der Waals surface area contributed by atoms with Crippen molar-refractivity contribution in [1.29, 1.82) is 0 Å². The van der Waals surface area contributed by atoms with Crippen LogP contribution in [0, 0.1) is 13.8 Å². The number of aryl methyl sites for hydroxylation is 2. The van der Waals surface area contributed by atoms with Gasteiger partial charge >= 0.3 is 0 Å². The van der Waals surface area contributed by atoms with Crippen molar-refractivity contribution in [1.82, 2.24) is 9.97 Å². The lowest BCUT2D eigenvalue weighted by Crippen LogP contribution is -1.87. The van der Waals surface area contributed by atoms with Crippen LogP contribution >= 0.6 is 0 Å². The third-order valence-corrected chi connectivity index (χ3v) is 2.13. The van der Waals surface area contributed by atoms with Crippen LogP contribution in [-0.2, 0) is 0 Å². The van der Waals surface area contributed by atoms with Crippen LogP contribution in [0.2, 0.25) is 0 Å². The van der Waals surface area contributed by atoms with Gasteiger partial charge in [0, 0.05) is 11.8 Å². The molecule has 0 radical (unpaired) electrons. The quantitative estimate of drug-likeness (QED) is 0.681. The van der Waals surface area contributed by atoms with Crippen LogP contribution in [0.5, 0.6) is 0 Å². The number of aromatic nitrogens is 2. The molecular weight excluding hydrogens is 172 g/mol. The van der Waals surface area contributed by atoms with Gasteiger partial charge < -0.3 is 0 Å². The zero-order valence-electron chi connectivity index (χ0n) is 8.36. The average Bonchev–Trinajstić information content (AvgIpc) is 2.21. The van der Waals surface area contributed by atoms with E-state index in [1.807, 2.05) is 6.92 Å². The van der Waals surface area contributed by atoms with Gasteiger partial charge in [-0.1, -0.05) is 29.8 Å². The third-order valence-electron chi connectivity index (χ3n) is 2.13. The van der Waals surface area contributed by atoms with E-state index in [1.165, 1.54) is 5.56 Å². The zero-order valence-corrected chi connectivity index (χ0v) is 8.36. The van der Waals surface area contributed by atoms with Gasteiger partial charge in [-0.2, -0.15) is 0 Å². The van der Waals surface area contributed by atoms with Gasteiger partial charge in [-0.15, -0.1) is 0 Å². The van der Waals surface area contributed by atoms with E-state index in [9.17, 15) is 0 Å². The number of hydrogen-bond donors (Lipinski definition) is 0. The fourth-order valence-corrected chi connectivity index (χ4v) is 1.27. The Morgan fingerprint density at radius 2 is 1.57 bits per heavy atom. The Kier molecular flexibility index (Phi) is 2.27. The van der Waals surface area contributed by atoms with Crippen molar-refractivity contribution in [2.24, 2.45) is 0 Å². The molecule has 0 unspecified atom stereocenters. The van der Waals surface area contributed by atoms with Crippen LogP contribution in [-0.4, -0.2) is 9.97 Å². The number of benzene rings is 1. The second kappa shape index (κ2) is 3.58. The molecule has 0 aliphatic rings. The maximum Gasteiger partial charge on any atom is 0.0885 e. The Bertz CT molecular complexity index is 372. The largest absolute Gasteiger partial charge is 0.258 e. The summed E-state index contributed by atoms with van der Waals surface area (Å²) in [6.45, 7) is 4.01. The van der Waals surface area contributed by atoms with E-state index >= 15 is 0 Å². The molecule has 0 saturated carbocycles. The topological polar surface area (TPSA) is 25.8 Å². The molecule has 0 amide bonds. The van der Waals surface area contributed by atoms with Crippen molar-refractivity contribution < 1.29 is 0 Å². The molecule has 2 aromatic rings. The molecule has 14 heavy (non-hydrogen) atoms. The number of rotatable bonds is 1. The number of nitrogens with zero attached hydrogens (tertiary/aromatic N) is 2. The molecule has 0 spiro atoms. The minimum absolute atomic E-state index is 0.926. The molecule has 0 atom stereocenters. The second-order valence-electron chi connectivity index (χ2n) is 3.41. The molecule has 2 nitrogen and oxygen atoms in total. The first-order chi connectivity index (χ1) is 6.75. The van der Waals surface area contributed by atoms with E-state index in [4.69, 9.17) is 0 Å². The number of hydrogen-bond acceptors (Lipinski definition) is 2. The minimum Gasteiger partial charge on any atom is -0.258 e. The van der Waals surface area contributed by atoms with Gasteiger partial charge in [0.15, 0.2) is 0 Å². The van der Waals surface area contributed by atoms with E-state index in [2.05, 4.69) is 41.2 Å². The van der Waals surface area contributed by atoms with Crippen LogP contribution in [0.3, 0.4) is 0 Å². The Balaban J connectivity index is 2.40. The van der Waals surface area contributed by atoms with Crippen molar-refractivity contribution in [3.05, 3.63) is 47.9 Å². The summed E-state index contributed by atoms with van der Waals surface area (Å²) in [7, 11) is 0. The molecule has 70 valence electrons. The maximum absolute atomic E-state index is 4.32. The normalized spacial score (nSPS) is 10.1. The van der Waals surface area contributed by atoms with Gasteiger partial charge in [0.05, 0.1) is 17.6 Å². The van der Waals surface area contributed by atoms with E-state index in [0.717, 1.165) is 17.0 Å². The van der Waals surface area contributed by atoms with Crippen LogP contribution in [0.15, 0.2) is 36.7 Å². The molecule has 0 N–H and O–H groups in total. The Morgan fingerprint density at radius 1 is 0.857 bits per heavy atom. The van der Waals surface area contributed by atoms with Crippen LogP contribution in [0.1, 0.15) is 11.3 Å². The third kappa shape index (κ3) is 1.79. The fraction of sp³-hybridized carbons (Fsp3) is 0.167. The molecule has 1 aromatic carbocycles. The maximum atomic E-state index is 4.32. The highest BCUT2D eigenvalue weighted by molar-refractivity contribution is 5.58. The first-order valence-corrected chi connectivity index (χ1v) is 4.61. The van der Waals surface area contributed by atoms with Crippen molar-refractivity contribution in [3.63, 3.8) is 0 Å². The van der Waals surface area contributed by atoms with Gasteiger partial charge in [0.25, 0.3) is 0 Å². The summed E-state index contributed by atoms with van der Waals surface area (Å²) in [5.74, 6) is 0. The van der Waals surface area contributed by atoms with E-state index < -0.39 is 0 Å². The standard InChI is InChI=1S/C12H12N2/c1-9-3-5-11(6-4-9)12-8-13-10(2)7-14-12/h3-8H,1-2H3. The first-order valence-electron chi connectivity index (χ1n) is 4.61. The monoisotopic (exact) mass is 184 g/mol. The molecule has 1 heterocycles.